The van der Waals surface area contributed by atoms with E-state index in [0.717, 1.165) is 49.0 Å². The second kappa shape index (κ2) is 5.30. The molecule has 16 heavy (non-hydrogen) atoms. The SMILES string of the molecule is NCCCCOc1ccc(F)c2c1CCC2. The van der Waals surface area contributed by atoms with Crippen molar-refractivity contribution in [1.82, 2.24) is 0 Å². The monoisotopic (exact) mass is 223 g/mol. The molecule has 0 radical (unpaired) electrons. The molecule has 1 aliphatic carbocycles. The fraction of sp³-hybridized carbons (Fsp3) is 0.538. The van der Waals surface area contributed by atoms with Crippen LogP contribution in [0.5, 0.6) is 5.75 Å². The van der Waals surface area contributed by atoms with Gasteiger partial charge in [0.1, 0.15) is 11.6 Å². The maximum absolute atomic E-state index is 13.4. The van der Waals surface area contributed by atoms with E-state index < -0.39 is 0 Å². The van der Waals surface area contributed by atoms with Gasteiger partial charge in [-0.1, -0.05) is 0 Å². The number of hydrogen-bond donors (Lipinski definition) is 1. The number of rotatable bonds is 5. The van der Waals surface area contributed by atoms with Crippen LogP contribution in [0.4, 0.5) is 4.39 Å². The first-order valence-corrected chi connectivity index (χ1v) is 5.96. The number of ether oxygens (including phenoxy) is 1. The summed E-state index contributed by atoms with van der Waals surface area (Å²) in [6.07, 6.45) is 4.77. The van der Waals surface area contributed by atoms with E-state index in [-0.39, 0.29) is 5.82 Å². The third kappa shape index (κ3) is 2.35. The highest BCUT2D eigenvalue weighted by atomic mass is 19.1. The molecular weight excluding hydrogens is 205 g/mol. The first kappa shape index (κ1) is 11.4. The molecule has 0 heterocycles. The maximum atomic E-state index is 13.4. The molecule has 0 saturated carbocycles. The summed E-state index contributed by atoms with van der Waals surface area (Å²) in [4.78, 5) is 0. The van der Waals surface area contributed by atoms with E-state index in [1.807, 2.05) is 0 Å². The Labute approximate surface area is 95.6 Å². The van der Waals surface area contributed by atoms with Crippen molar-refractivity contribution in [3.8, 4) is 5.75 Å². The van der Waals surface area contributed by atoms with E-state index in [1.165, 1.54) is 6.07 Å². The van der Waals surface area contributed by atoms with Crippen molar-refractivity contribution in [1.29, 1.82) is 0 Å². The zero-order chi connectivity index (χ0) is 11.4. The Morgan fingerprint density at radius 3 is 2.81 bits per heavy atom. The average molecular weight is 223 g/mol. The van der Waals surface area contributed by atoms with E-state index in [2.05, 4.69) is 0 Å². The van der Waals surface area contributed by atoms with Crippen LogP contribution in [-0.2, 0) is 12.8 Å². The van der Waals surface area contributed by atoms with Gasteiger partial charge in [0.15, 0.2) is 0 Å². The Hall–Kier alpha value is -1.09. The van der Waals surface area contributed by atoms with Crippen molar-refractivity contribution in [3.05, 3.63) is 29.1 Å². The van der Waals surface area contributed by atoms with Gasteiger partial charge in [-0.25, -0.2) is 4.39 Å². The summed E-state index contributed by atoms with van der Waals surface area (Å²) in [6, 6.07) is 3.27. The van der Waals surface area contributed by atoms with Gasteiger partial charge < -0.3 is 10.5 Å². The molecule has 1 aromatic rings. The summed E-state index contributed by atoms with van der Waals surface area (Å²) in [5.74, 6) is 0.785. The molecule has 0 aliphatic heterocycles. The van der Waals surface area contributed by atoms with E-state index >= 15 is 0 Å². The van der Waals surface area contributed by atoms with Crippen LogP contribution in [0.2, 0.25) is 0 Å². The lowest BCUT2D eigenvalue weighted by Crippen LogP contribution is -2.05. The van der Waals surface area contributed by atoms with Crippen molar-refractivity contribution in [3.63, 3.8) is 0 Å². The van der Waals surface area contributed by atoms with Gasteiger partial charge in [0.25, 0.3) is 0 Å². The Morgan fingerprint density at radius 1 is 1.19 bits per heavy atom. The van der Waals surface area contributed by atoms with E-state index in [1.54, 1.807) is 6.07 Å². The molecular formula is C13H18FNO. The van der Waals surface area contributed by atoms with Crippen molar-refractivity contribution < 1.29 is 9.13 Å². The second-order valence-corrected chi connectivity index (χ2v) is 4.20. The Morgan fingerprint density at radius 2 is 2.00 bits per heavy atom. The summed E-state index contributed by atoms with van der Waals surface area (Å²) >= 11 is 0. The fourth-order valence-corrected chi connectivity index (χ4v) is 2.19. The normalized spacial score (nSPS) is 13.9. The molecule has 88 valence electrons. The molecule has 2 N–H and O–H groups in total. The summed E-state index contributed by atoms with van der Waals surface area (Å²) in [5.41, 5.74) is 7.35. The summed E-state index contributed by atoms with van der Waals surface area (Å²) in [5, 5.41) is 0. The molecule has 0 atom stereocenters. The van der Waals surface area contributed by atoms with Gasteiger partial charge in [0.2, 0.25) is 0 Å². The number of hydrogen-bond acceptors (Lipinski definition) is 2. The predicted octanol–water partition coefficient (Wildman–Crippen LogP) is 2.43. The molecule has 0 fully saturated rings. The average Bonchev–Trinajstić information content (AvgIpc) is 2.77. The Kier molecular flexibility index (Phi) is 3.78. The highest BCUT2D eigenvalue weighted by Crippen LogP contribution is 2.32. The standard InChI is InChI=1S/C13H18FNO/c14-12-6-7-13(16-9-2-1-8-15)11-5-3-4-10(11)12/h6-7H,1-5,8-9,15H2. The Bertz CT molecular complexity index is 365. The predicted molar refractivity (Wildman–Crippen MR) is 62.2 cm³/mol. The molecule has 1 aliphatic rings. The second-order valence-electron chi connectivity index (χ2n) is 4.20. The number of halogens is 1. The maximum Gasteiger partial charge on any atom is 0.126 e. The molecule has 0 amide bonds. The van der Waals surface area contributed by atoms with Gasteiger partial charge in [-0.15, -0.1) is 0 Å². The highest BCUT2D eigenvalue weighted by Gasteiger charge is 2.19. The molecule has 0 saturated heterocycles. The molecule has 0 spiro atoms. The van der Waals surface area contributed by atoms with Crippen molar-refractivity contribution >= 4 is 0 Å². The number of benzene rings is 1. The number of fused-ring (bicyclic) bond motifs is 1. The fourth-order valence-electron chi connectivity index (χ4n) is 2.19. The third-order valence-electron chi connectivity index (χ3n) is 3.04. The van der Waals surface area contributed by atoms with E-state index in [4.69, 9.17) is 10.5 Å². The van der Waals surface area contributed by atoms with Crippen LogP contribution in [0.1, 0.15) is 30.4 Å². The largest absolute Gasteiger partial charge is 0.493 e. The molecule has 1 aromatic carbocycles. The van der Waals surface area contributed by atoms with Gasteiger partial charge in [0, 0.05) is 5.56 Å². The summed E-state index contributed by atoms with van der Waals surface area (Å²) < 4.78 is 19.1. The van der Waals surface area contributed by atoms with Crippen molar-refractivity contribution in [2.75, 3.05) is 13.2 Å². The minimum atomic E-state index is -0.0817. The molecule has 0 aromatic heterocycles. The van der Waals surface area contributed by atoms with Gasteiger partial charge in [0.05, 0.1) is 6.61 Å². The number of nitrogens with two attached hydrogens (primary N) is 1. The number of unbranched alkanes of at least 4 members (excludes halogenated alkanes) is 1. The quantitative estimate of drug-likeness (QED) is 0.778. The van der Waals surface area contributed by atoms with Crippen LogP contribution in [0.15, 0.2) is 12.1 Å². The highest BCUT2D eigenvalue weighted by molar-refractivity contribution is 5.43. The van der Waals surface area contributed by atoms with Crippen LogP contribution in [0, 0.1) is 5.82 Å². The zero-order valence-electron chi connectivity index (χ0n) is 9.47. The summed E-state index contributed by atoms with van der Waals surface area (Å²) in [7, 11) is 0. The smallest absolute Gasteiger partial charge is 0.126 e. The van der Waals surface area contributed by atoms with Gasteiger partial charge in [-0.2, -0.15) is 0 Å². The topological polar surface area (TPSA) is 35.2 Å². The first-order valence-electron chi connectivity index (χ1n) is 5.96. The molecule has 0 unspecified atom stereocenters. The van der Waals surface area contributed by atoms with E-state index in [0.29, 0.717) is 13.2 Å². The molecule has 0 bridgehead atoms. The molecule has 2 rings (SSSR count). The summed E-state index contributed by atoms with van der Waals surface area (Å²) in [6.45, 7) is 1.38. The van der Waals surface area contributed by atoms with Crippen LogP contribution in [0.3, 0.4) is 0 Å². The third-order valence-corrected chi connectivity index (χ3v) is 3.04. The van der Waals surface area contributed by atoms with Gasteiger partial charge in [-0.05, 0) is 56.3 Å². The van der Waals surface area contributed by atoms with Crippen LogP contribution in [0.25, 0.3) is 0 Å². The van der Waals surface area contributed by atoms with Crippen LogP contribution < -0.4 is 10.5 Å². The zero-order valence-corrected chi connectivity index (χ0v) is 9.47. The van der Waals surface area contributed by atoms with Crippen molar-refractivity contribution in [2.24, 2.45) is 5.73 Å². The lowest BCUT2D eigenvalue weighted by Gasteiger charge is -2.11. The lowest BCUT2D eigenvalue weighted by atomic mass is 10.1. The minimum absolute atomic E-state index is 0.0817. The van der Waals surface area contributed by atoms with Gasteiger partial charge in [-0.3, -0.25) is 0 Å². The minimum Gasteiger partial charge on any atom is -0.493 e. The first-order chi connectivity index (χ1) is 7.83. The van der Waals surface area contributed by atoms with Crippen LogP contribution >= 0.6 is 0 Å². The molecule has 3 heteroatoms. The van der Waals surface area contributed by atoms with E-state index in [9.17, 15) is 4.39 Å². The van der Waals surface area contributed by atoms with Crippen LogP contribution in [-0.4, -0.2) is 13.2 Å². The van der Waals surface area contributed by atoms with Gasteiger partial charge >= 0.3 is 0 Å². The lowest BCUT2D eigenvalue weighted by molar-refractivity contribution is 0.304. The van der Waals surface area contributed by atoms with Crippen molar-refractivity contribution in [2.45, 2.75) is 32.1 Å². The Balaban J connectivity index is 2.02. The molecule has 2 nitrogen and oxygen atoms in total.